The first-order chi connectivity index (χ1) is 10.8. The van der Waals surface area contributed by atoms with Gasteiger partial charge in [-0.25, -0.2) is 0 Å². The van der Waals surface area contributed by atoms with Crippen LogP contribution in [0.3, 0.4) is 0 Å². The second-order valence-corrected chi connectivity index (χ2v) is 5.23. The van der Waals surface area contributed by atoms with E-state index in [1.54, 1.807) is 14.2 Å². The number of hydrogen-bond donors (Lipinski definition) is 2. The van der Waals surface area contributed by atoms with Gasteiger partial charge in [0.15, 0.2) is 17.5 Å². The van der Waals surface area contributed by atoms with Crippen LogP contribution in [0.4, 0.5) is 0 Å². The Hall–Kier alpha value is -2.35. The maximum atomic E-state index is 5.50. The Labute approximate surface area is 132 Å². The van der Waals surface area contributed by atoms with Gasteiger partial charge >= 0.3 is 0 Å². The largest absolute Gasteiger partial charge is 0.493 e. The summed E-state index contributed by atoms with van der Waals surface area (Å²) in [5, 5.41) is 6.62. The third-order valence-corrected chi connectivity index (χ3v) is 3.48. The van der Waals surface area contributed by atoms with Gasteiger partial charge in [-0.15, -0.1) is 6.42 Å². The van der Waals surface area contributed by atoms with Crippen molar-refractivity contribution in [2.45, 2.75) is 19.4 Å². The molecule has 1 fully saturated rings. The van der Waals surface area contributed by atoms with E-state index in [-0.39, 0.29) is 6.61 Å². The topological polar surface area (TPSA) is 54.9 Å². The number of benzene rings is 1. The summed E-state index contributed by atoms with van der Waals surface area (Å²) in [6.07, 6.45) is 7.87. The number of nitrogens with zero attached hydrogens (tertiary/aromatic N) is 1. The third kappa shape index (κ3) is 4.88. The molecule has 2 N–H and O–H groups in total. The van der Waals surface area contributed by atoms with Crippen LogP contribution in [-0.4, -0.2) is 33.3 Å². The number of methoxy groups -OCH3 is 1. The summed E-state index contributed by atoms with van der Waals surface area (Å²) in [5.74, 6) is 5.41. The SMILES string of the molecule is C#CCOc1cc(CNC(=NC)NCC2CC2)ccc1OC. The van der Waals surface area contributed by atoms with E-state index in [9.17, 15) is 0 Å². The van der Waals surface area contributed by atoms with Crippen LogP contribution < -0.4 is 20.1 Å². The predicted molar refractivity (Wildman–Crippen MR) is 88.2 cm³/mol. The molecule has 1 aliphatic carbocycles. The smallest absolute Gasteiger partial charge is 0.191 e. The predicted octanol–water partition coefficient (Wildman–Crippen LogP) is 1.78. The van der Waals surface area contributed by atoms with E-state index in [0.29, 0.717) is 18.0 Å². The Balaban J connectivity index is 1.91. The van der Waals surface area contributed by atoms with Gasteiger partial charge in [-0.1, -0.05) is 12.0 Å². The van der Waals surface area contributed by atoms with Crippen molar-refractivity contribution in [2.24, 2.45) is 10.9 Å². The third-order valence-electron chi connectivity index (χ3n) is 3.48. The fraction of sp³-hybridized carbons (Fsp3) is 0.471. The standard InChI is InChI=1S/C17H23N3O2/c1-4-9-22-16-10-14(7-8-15(16)21-3)12-20-17(18-2)19-11-13-5-6-13/h1,7-8,10,13H,5-6,9,11-12H2,2-3H3,(H2,18,19,20). The zero-order chi connectivity index (χ0) is 15.8. The molecule has 5 heteroatoms. The maximum absolute atomic E-state index is 5.50. The fourth-order valence-corrected chi connectivity index (χ4v) is 2.03. The molecule has 0 radical (unpaired) electrons. The molecule has 1 aromatic rings. The van der Waals surface area contributed by atoms with E-state index in [2.05, 4.69) is 21.5 Å². The Kier molecular flexibility index (Phi) is 5.96. The van der Waals surface area contributed by atoms with Crippen LogP contribution in [0.2, 0.25) is 0 Å². The van der Waals surface area contributed by atoms with Gasteiger partial charge in [0.2, 0.25) is 0 Å². The van der Waals surface area contributed by atoms with Gasteiger partial charge in [0, 0.05) is 20.1 Å². The molecule has 0 bridgehead atoms. The molecular weight excluding hydrogens is 278 g/mol. The van der Waals surface area contributed by atoms with Crippen molar-refractivity contribution >= 4 is 5.96 Å². The molecule has 0 saturated heterocycles. The van der Waals surface area contributed by atoms with E-state index < -0.39 is 0 Å². The summed E-state index contributed by atoms with van der Waals surface area (Å²) in [6.45, 7) is 1.86. The van der Waals surface area contributed by atoms with Crippen molar-refractivity contribution in [1.29, 1.82) is 0 Å². The summed E-state index contributed by atoms with van der Waals surface area (Å²) >= 11 is 0. The molecule has 1 aliphatic rings. The van der Waals surface area contributed by atoms with E-state index >= 15 is 0 Å². The van der Waals surface area contributed by atoms with Gasteiger partial charge in [0.25, 0.3) is 0 Å². The normalized spacial score (nSPS) is 14.1. The van der Waals surface area contributed by atoms with Crippen molar-refractivity contribution in [3.8, 4) is 23.8 Å². The quantitative estimate of drug-likeness (QED) is 0.458. The second-order valence-electron chi connectivity index (χ2n) is 5.23. The number of aliphatic imine (C=N–C) groups is 1. The van der Waals surface area contributed by atoms with E-state index in [1.807, 2.05) is 18.2 Å². The fourth-order valence-electron chi connectivity index (χ4n) is 2.03. The molecule has 0 spiro atoms. The monoisotopic (exact) mass is 301 g/mol. The van der Waals surface area contributed by atoms with Crippen molar-refractivity contribution in [3.63, 3.8) is 0 Å². The second kappa shape index (κ2) is 8.18. The van der Waals surface area contributed by atoms with Crippen molar-refractivity contribution in [3.05, 3.63) is 23.8 Å². The lowest BCUT2D eigenvalue weighted by molar-refractivity contribution is 0.330. The first kappa shape index (κ1) is 16.0. The number of rotatable bonds is 7. The highest BCUT2D eigenvalue weighted by molar-refractivity contribution is 5.79. The van der Waals surface area contributed by atoms with Crippen LogP contribution in [0.1, 0.15) is 18.4 Å². The Morgan fingerprint density at radius 3 is 2.82 bits per heavy atom. The van der Waals surface area contributed by atoms with Crippen LogP contribution >= 0.6 is 0 Å². The average Bonchev–Trinajstić information content (AvgIpc) is 3.37. The molecule has 0 aromatic heterocycles. The number of guanidine groups is 1. The number of ether oxygens (including phenoxy) is 2. The zero-order valence-electron chi connectivity index (χ0n) is 13.2. The molecule has 0 heterocycles. The number of terminal acetylenes is 1. The Bertz CT molecular complexity index is 560. The van der Waals surface area contributed by atoms with Crippen molar-refractivity contribution in [2.75, 3.05) is 27.3 Å². The van der Waals surface area contributed by atoms with Crippen LogP contribution in [0.15, 0.2) is 23.2 Å². The summed E-state index contributed by atoms with van der Waals surface area (Å²) < 4.78 is 10.8. The van der Waals surface area contributed by atoms with Gasteiger partial charge in [-0.3, -0.25) is 4.99 Å². The molecule has 118 valence electrons. The van der Waals surface area contributed by atoms with Gasteiger partial charge in [-0.2, -0.15) is 0 Å². The Morgan fingerprint density at radius 2 is 2.18 bits per heavy atom. The molecule has 1 aromatic carbocycles. The van der Waals surface area contributed by atoms with Gasteiger partial charge < -0.3 is 20.1 Å². The summed E-state index contributed by atoms with van der Waals surface area (Å²) in [7, 11) is 3.39. The lowest BCUT2D eigenvalue weighted by atomic mass is 10.2. The van der Waals surface area contributed by atoms with Crippen molar-refractivity contribution in [1.82, 2.24) is 10.6 Å². The minimum atomic E-state index is 0.220. The molecule has 2 rings (SSSR count). The molecular formula is C17H23N3O2. The summed E-state index contributed by atoms with van der Waals surface area (Å²) in [6, 6.07) is 5.79. The molecule has 5 nitrogen and oxygen atoms in total. The Morgan fingerprint density at radius 1 is 1.36 bits per heavy atom. The molecule has 0 unspecified atom stereocenters. The molecule has 0 atom stereocenters. The van der Waals surface area contributed by atoms with Gasteiger partial charge in [0.05, 0.1) is 7.11 Å². The number of nitrogens with one attached hydrogen (secondary N) is 2. The minimum Gasteiger partial charge on any atom is -0.493 e. The molecule has 1 saturated carbocycles. The van der Waals surface area contributed by atoms with E-state index in [4.69, 9.17) is 15.9 Å². The van der Waals surface area contributed by atoms with Crippen LogP contribution in [0, 0.1) is 18.3 Å². The van der Waals surface area contributed by atoms with Gasteiger partial charge in [0.1, 0.15) is 6.61 Å². The lowest BCUT2D eigenvalue weighted by Gasteiger charge is -2.13. The number of hydrogen-bond acceptors (Lipinski definition) is 3. The minimum absolute atomic E-state index is 0.220. The van der Waals surface area contributed by atoms with E-state index in [0.717, 1.165) is 24.0 Å². The van der Waals surface area contributed by atoms with Crippen LogP contribution in [0.5, 0.6) is 11.5 Å². The first-order valence-corrected chi connectivity index (χ1v) is 7.44. The highest BCUT2D eigenvalue weighted by Gasteiger charge is 2.21. The zero-order valence-corrected chi connectivity index (χ0v) is 13.2. The van der Waals surface area contributed by atoms with Crippen LogP contribution in [-0.2, 0) is 6.54 Å². The molecule has 22 heavy (non-hydrogen) atoms. The highest BCUT2D eigenvalue weighted by Crippen LogP contribution is 2.28. The average molecular weight is 301 g/mol. The lowest BCUT2D eigenvalue weighted by Crippen LogP contribution is -2.37. The molecule has 0 aliphatic heterocycles. The van der Waals surface area contributed by atoms with Crippen LogP contribution in [0.25, 0.3) is 0 Å². The van der Waals surface area contributed by atoms with Crippen molar-refractivity contribution < 1.29 is 9.47 Å². The van der Waals surface area contributed by atoms with E-state index in [1.165, 1.54) is 12.8 Å². The summed E-state index contributed by atoms with van der Waals surface area (Å²) in [5.41, 5.74) is 1.07. The molecule has 0 amide bonds. The maximum Gasteiger partial charge on any atom is 0.191 e. The summed E-state index contributed by atoms with van der Waals surface area (Å²) in [4.78, 5) is 4.22. The van der Waals surface area contributed by atoms with Gasteiger partial charge in [-0.05, 0) is 36.5 Å². The highest BCUT2D eigenvalue weighted by atomic mass is 16.5. The first-order valence-electron chi connectivity index (χ1n) is 7.44.